The molecule has 0 fully saturated rings. The number of imidazole rings is 1. The van der Waals surface area contributed by atoms with Crippen molar-refractivity contribution in [3.05, 3.63) is 87.1 Å². The molecule has 0 saturated heterocycles. The van der Waals surface area contributed by atoms with Crippen LogP contribution in [0.25, 0.3) is 0 Å². The van der Waals surface area contributed by atoms with Gasteiger partial charge in [-0.3, -0.25) is 9.13 Å². The summed E-state index contributed by atoms with van der Waals surface area (Å²) >= 11 is 0. The summed E-state index contributed by atoms with van der Waals surface area (Å²) in [5.74, 6) is -0.462. The Morgan fingerprint density at radius 2 is 1.68 bits per heavy atom. The Morgan fingerprint density at radius 1 is 1.00 bits per heavy atom. The second-order valence-corrected chi connectivity index (χ2v) is 9.52. The fraction of sp³-hybridized carbons (Fsp3) is 0.429. The molecule has 6 heteroatoms. The van der Waals surface area contributed by atoms with Crippen molar-refractivity contribution in [2.24, 2.45) is 0 Å². The Labute approximate surface area is 201 Å². The SMILES string of the molecule is CCCn1c(CCCc2ccc(OC(C)(C)C(=O)O)cc2)cn(Cc2ccc(C)c(C)c2)c1=O. The van der Waals surface area contributed by atoms with Crippen molar-refractivity contribution in [2.45, 2.75) is 79.0 Å². The highest BCUT2D eigenvalue weighted by Gasteiger charge is 2.29. The van der Waals surface area contributed by atoms with Gasteiger partial charge in [-0.05, 0) is 87.8 Å². The Hall–Kier alpha value is -3.28. The van der Waals surface area contributed by atoms with E-state index in [1.54, 1.807) is 0 Å². The van der Waals surface area contributed by atoms with Gasteiger partial charge in [0.2, 0.25) is 0 Å². The average Bonchev–Trinajstić information content (AvgIpc) is 3.06. The molecule has 0 radical (unpaired) electrons. The number of nitrogens with zero attached hydrogens (tertiary/aromatic N) is 2. The molecule has 0 aliphatic rings. The number of hydrogen-bond donors (Lipinski definition) is 1. The topological polar surface area (TPSA) is 73.5 Å². The van der Waals surface area contributed by atoms with E-state index in [9.17, 15) is 14.7 Å². The molecule has 0 aliphatic carbocycles. The minimum absolute atomic E-state index is 0.0534. The third-order valence-electron chi connectivity index (χ3n) is 6.21. The highest BCUT2D eigenvalue weighted by Crippen LogP contribution is 2.20. The molecule has 1 N–H and O–H groups in total. The minimum Gasteiger partial charge on any atom is -0.478 e. The Kier molecular flexibility index (Phi) is 8.02. The van der Waals surface area contributed by atoms with Crippen LogP contribution in [0.2, 0.25) is 0 Å². The van der Waals surface area contributed by atoms with Crippen LogP contribution < -0.4 is 10.4 Å². The monoisotopic (exact) mass is 464 g/mol. The largest absolute Gasteiger partial charge is 0.478 e. The van der Waals surface area contributed by atoms with E-state index in [1.165, 1.54) is 25.0 Å². The van der Waals surface area contributed by atoms with Crippen LogP contribution in [0.5, 0.6) is 5.75 Å². The van der Waals surface area contributed by atoms with Gasteiger partial charge in [0.15, 0.2) is 5.60 Å². The highest BCUT2D eigenvalue weighted by molar-refractivity contribution is 5.76. The summed E-state index contributed by atoms with van der Waals surface area (Å²) in [6.07, 6.45) is 5.52. The van der Waals surface area contributed by atoms with Gasteiger partial charge in [0.05, 0.1) is 6.54 Å². The number of ether oxygens (including phenoxy) is 1. The molecule has 3 rings (SSSR count). The summed E-state index contributed by atoms with van der Waals surface area (Å²) in [5.41, 5.74) is 4.64. The van der Waals surface area contributed by atoms with E-state index in [1.807, 2.05) is 39.6 Å². The lowest BCUT2D eigenvalue weighted by Crippen LogP contribution is -2.37. The summed E-state index contributed by atoms with van der Waals surface area (Å²) in [4.78, 5) is 24.3. The molecule has 0 saturated carbocycles. The van der Waals surface area contributed by atoms with E-state index in [-0.39, 0.29) is 5.69 Å². The van der Waals surface area contributed by atoms with Gasteiger partial charge in [-0.1, -0.05) is 37.3 Å². The van der Waals surface area contributed by atoms with E-state index < -0.39 is 11.6 Å². The van der Waals surface area contributed by atoms with Crippen LogP contribution in [0.1, 0.15) is 61.6 Å². The lowest BCUT2D eigenvalue weighted by molar-refractivity contribution is -0.152. The van der Waals surface area contributed by atoms with E-state index in [2.05, 4.69) is 39.0 Å². The molecule has 1 heterocycles. The quantitative estimate of drug-likeness (QED) is 0.426. The molecule has 182 valence electrons. The molecule has 1 aromatic heterocycles. The number of benzene rings is 2. The lowest BCUT2D eigenvalue weighted by atomic mass is 10.1. The molecular formula is C28H36N2O4. The predicted molar refractivity (Wildman–Crippen MR) is 135 cm³/mol. The van der Waals surface area contributed by atoms with Crippen molar-refractivity contribution < 1.29 is 14.6 Å². The van der Waals surface area contributed by atoms with Crippen LogP contribution in [0.4, 0.5) is 0 Å². The van der Waals surface area contributed by atoms with E-state index in [0.717, 1.165) is 49.0 Å². The number of carboxylic acids is 1. The van der Waals surface area contributed by atoms with Crippen molar-refractivity contribution >= 4 is 5.97 Å². The van der Waals surface area contributed by atoms with Crippen molar-refractivity contribution in [1.29, 1.82) is 0 Å². The number of hydrogen-bond acceptors (Lipinski definition) is 3. The van der Waals surface area contributed by atoms with Crippen LogP contribution in [0, 0.1) is 13.8 Å². The summed E-state index contributed by atoms with van der Waals surface area (Å²) < 4.78 is 9.31. The summed E-state index contributed by atoms with van der Waals surface area (Å²) in [6.45, 7) is 10.7. The molecule has 2 aromatic carbocycles. The van der Waals surface area contributed by atoms with Crippen LogP contribution in [-0.2, 0) is 30.7 Å². The summed E-state index contributed by atoms with van der Waals surface area (Å²) in [7, 11) is 0. The first kappa shape index (κ1) is 25.3. The van der Waals surface area contributed by atoms with E-state index >= 15 is 0 Å². The first-order valence-corrected chi connectivity index (χ1v) is 12.0. The minimum atomic E-state index is -1.27. The molecule has 34 heavy (non-hydrogen) atoms. The summed E-state index contributed by atoms with van der Waals surface area (Å²) in [6, 6.07) is 13.9. The third-order valence-corrected chi connectivity index (χ3v) is 6.21. The molecule has 0 bridgehead atoms. The molecule has 3 aromatic rings. The second kappa shape index (κ2) is 10.8. The maximum Gasteiger partial charge on any atom is 0.347 e. The second-order valence-electron chi connectivity index (χ2n) is 9.52. The van der Waals surface area contributed by atoms with E-state index in [4.69, 9.17) is 4.74 Å². The number of aromatic nitrogens is 2. The van der Waals surface area contributed by atoms with Gasteiger partial charge in [0, 0.05) is 18.4 Å². The molecule has 0 aliphatic heterocycles. The van der Waals surface area contributed by atoms with Crippen LogP contribution in [0.15, 0.2) is 53.5 Å². The Bertz CT molecular complexity index is 1190. The first-order valence-electron chi connectivity index (χ1n) is 12.0. The Morgan fingerprint density at radius 3 is 2.29 bits per heavy atom. The summed E-state index contributed by atoms with van der Waals surface area (Å²) in [5, 5.41) is 9.22. The number of rotatable bonds is 11. The van der Waals surface area contributed by atoms with Crippen molar-refractivity contribution in [3.8, 4) is 5.75 Å². The number of aliphatic carboxylic acids is 1. The van der Waals surface area contributed by atoms with Crippen molar-refractivity contribution in [3.63, 3.8) is 0 Å². The predicted octanol–water partition coefficient (Wildman–Crippen LogP) is 5.14. The van der Waals surface area contributed by atoms with Crippen molar-refractivity contribution in [2.75, 3.05) is 0 Å². The lowest BCUT2D eigenvalue weighted by Gasteiger charge is -2.21. The third kappa shape index (κ3) is 6.19. The highest BCUT2D eigenvalue weighted by atomic mass is 16.5. The standard InChI is InChI=1S/C28H36N2O4/c1-6-16-30-24(19-29(27(30)33)18-23-11-10-20(2)21(3)17-23)9-7-8-22-12-14-25(15-13-22)34-28(4,5)26(31)32/h10-15,17,19H,6-9,16,18H2,1-5H3,(H,31,32). The zero-order chi connectivity index (χ0) is 24.9. The van der Waals surface area contributed by atoms with Crippen LogP contribution in [-0.4, -0.2) is 25.8 Å². The maximum atomic E-state index is 13.0. The molecule has 6 nitrogen and oxygen atoms in total. The first-order chi connectivity index (χ1) is 16.1. The molecular weight excluding hydrogens is 428 g/mol. The zero-order valence-electron chi connectivity index (χ0n) is 20.9. The van der Waals surface area contributed by atoms with E-state index in [0.29, 0.717) is 12.3 Å². The fourth-order valence-electron chi connectivity index (χ4n) is 3.99. The molecule has 0 atom stereocenters. The zero-order valence-corrected chi connectivity index (χ0v) is 20.9. The smallest absolute Gasteiger partial charge is 0.347 e. The van der Waals surface area contributed by atoms with Crippen LogP contribution >= 0.6 is 0 Å². The van der Waals surface area contributed by atoms with Gasteiger partial charge in [-0.2, -0.15) is 0 Å². The number of carbonyl (C=O) groups is 1. The van der Waals surface area contributed by atoms with Gasteiger partial charge in [-0.25, -0.2) is 9.59 Å². The van der Waals surface area contributed by atoms with Crippen molar-refractivity contribution in [1.82, 2.24) is 9.13 Å². The number of carboxylic acid groups (broad SMARTS) is 1. The van der Waals surface area contributed by atoms with Gasteiger partial charge in [0.1, 0.15) is 5.75 Å². The molecule has 0 spiro atoms. The normalized spacial score (nSPS) is 11.6. The van der Waals surface area contributed by atoms with Crippen LogP contribution in [0.3, 0.4) is 0 Å². The van der Waals surface area contributed by atoms with Gasteiger partial charge in [0.25, 0.3) is 0 Å². The molecule has 0 unspecified atom stereocenters. The fourth-order valence-corrected chi connectivity index (χ4v) is 3.99. The van der Waals surface area contributed by atoms with Gasteiger partial charge >= 0.3 is 11.7 Å². The van der Waals surface area contributed by atoms with Gasteiger partial charge < -0.3 is 9.84 Å². The number of aryl methyl sites for hydroxylation is 4. The molecule has 0 amide bonds. The average molecular weight is 465 g/mol. The maximum absolute atomic E-state index is 13.0. The van der Waals surface area contributed by atoms with Gasteiger partial charge in [-0.15, -0.1) is 0 Å². The Balaban J connectivity index is 1.66.